The van der Waals surface area contributed by atoms with Crippen molar-refractivity contribution in [1.82, 2.24) is 15.0 Å². The van der Waals surface area contributed by atoms with E-state index in [-0.39, 0.29) is 12.4 Å². The summed E-state index contributed by atoms with van der Waals surface area (Å²) in [5.74, 6) is 0.952. The number of rotatable bonds is 3. The van der Waals surface area contributed by atoms with Crippen LogP contribution in [0.1, 0.15) is 23.0 Å². The van der Waals surface area contributed by atoms with Crippen molar-refractivity contribution in [3.63, 3.8) is 0 Å². The maximum atomic E-state index is 12.6. The first-order valence-electron chi connectivity index (χ1n) is 5.54. The normalized spacial score (nSPS) is 11.7. The largest absolute Gasteiger partial charge is 0.444 e. The van der Waals surface area contributed by atoms with E-state index in [1.165, 1.54) is 0 Å². The Balaban J connectivity index is 2.15. The number of oxazole rings is 1. The van der Waals surface area contributed by atoms with Crippen molar-refractivity contribution in [2.75, 3.05) is 5.32 Å². The number of halogens is 4. The van der Waals surface area contributed by atoms with E-state index in [1.54, 1.807) is 13.8 Å². The Kier molecular flexibility index (Phi) is 3.85. The minimum Gasteiger partial charge on any atom is -0.444 e. The van der Waals surface area contributed by atoms with Gasteiger partial charge < -0.3 is 9.73 Å². The number of anilines is 1. The minimum atomic E-state index is -4.58. The van der Waals surface area contributed by atoms with Crippen LogP contribution in [0.2, 0.25) is 5.28 Å². The molecule has 2 rings (SSSR count). The highest BCUT2D eigenvalue weighted by atomic mass is 35.5. The molecule has 108 valence electrons. The molecule has 20 heavy (non-hydrogen) atoms. The summed E-state index contributed by atoms with van der Waals surface area (Å²) in [5, 5.41) is 2.18. The van der Waals surface area contributed by atoms with Crippen LogP contribution in [0.25, 0.3) is 0 Å². The molecule has 0 radical (unpaired) electrons. The lowest BCUT2D eigenvalue weighted by atomic mass is 10.4. The molecule has 2 heterocycles. The number of aromatic nitrogens is 3. The highest BCUT2D eigenvalue weighted by molar-refractivity contribution is 6.28. The van der Waals surface area contributed by atoms with Gasteiger partial charge in [-0.15, -0.1) is 0 Å². The molecule has 0 fully saturated rings. The summed E-state index contributed by atoms with van der Waals surface area (Å²) in [6.07, 6.45) is -4.58. The van der Waals surface area contributed by atoms with Crippen molar-refractivity contribution in [3.05, 3.63) is 34.4 Å². The van der Waals surface area contributed by atoms with Crippen molar-refractivity contribution in [2.24, 2.45) is 0 Å². The summed E-state index contributed by atoms with van der Waals surface area (Å²) in [6, 6.07) is 0.772. The average Bonchev–Trinajstić information content (AvgIpc) is 2.65. The summed E-state index contributed by atoms with van der Waals surface area (Å²) in [5.41, 5.74) is -0.390. The molecule has 0 atom stereocenters. The first-order chi connectivity index (χ1) is 9.25. The van der Waals surface area contributed by atoms with Gasteiger partial charge in [-0.05, 0) is 25.4 Å². The molecule has 0 aromatic carbocycles. The van der Waals surface area contributed by atoms with Gasteiger partial charge in [0.15, 0.2) is 5.69 Å². The molecule has 0 bridgehead atoms. The summed E-state index contributed by atoms with van der Waals surface area (Å²) < 4.78 is 43.0. The first kappa shape index (κ1) is 14.6. The molecule has 0 saturated heterocycles. The van der Waals surface area contributed by atoms with Crippen molar-refractivity contribution in [1.29, 1.82) is 0 Å². The summed E-state index contributed by atoms with van der Waals surface area (Å²) in [4.78, 5) is 10.9. The Morgan fingerprint density at radius 2 is 1.95 bits per heavy atom. The topological polar surface area (TPSA) is 63.8 Å². The van der Waals surface area contributed by atoms with Gasteiger partial charge in [-0.1, -0.05) is 0 Å². The van der Waals surface area contributed by atoms with Crippen molar-refractivity contribution >= 4 is 17.4 Å². The quantitative estimate of drug-likeness (QED) is 0.881. The number of nitrogens with zero attached hydrogens (tertiary/aromatic N) is 3. The van der Waals surface area contributed by atoms with Gasteiger partial charge in [-0.3, -0.25) is 0 Å². The Labute approximate surface area is 117 Å². The van der Waals surface area contributed by atoms with E-state index < -0.39 is 17.2 Å². The van der Waals surface area contributed by atoms with Crippen LogP contribution in [0.5, 0.6) is 0 Å². The molecule has 0 saturated carbocycles. The van der Waals surface area contributed by atoms with Gasteiger partial charge in [-0.25, -0.2) is 15.0 Å². The predicted octanol–water partition coefficient (Wildman–Crippen LogP) is 3.37. The van der Waals surface area contributed by atoms with E-state index in [9.17, 15) is 13.2 Å². The number of alkyl halides is 3. The van der Waals surface area contributed by atoms with Gasteiger partial charge in [0.2, 0.25) is 11.2 Å². The minimum absolute atomic E-state index is 0.0502. The third-order valence-corrected chi connectivity index (χ3v) is 2.65. The van der Waals surface area contributed by atoms with Gasteiger partial charge >= 0.3 is 6.18 Å². The highest BCUT2D eigenvalue weighted by Gasteiger charge is 2.33. The van der Waals surface area contributed by atoms with Gasteiger partial charge in [-0.2, -0.15) is 13.2 Å². The molecule has 0 amide bonds. The zero-order chi connectivity index (χ0) is 14.9. The number of nitrogens with one attached hydrogen (secondary N) is 1. The molecule has 0 unspecified atom stereocenters. The van der Waals surface area contributed by atoms with Crippen LogP contribution in [0.15, 0.2) is 10.5 Å². The second-order valence-corrected chi connectivity index (χ2v) is 4.35. The van der Waals surface area contributed by atoms with Crippen molar-refractivity contribution < 1.29 is 17.6 Å². The van der Waals surface area contributed by atoms with Gasteiger partial charge in [0.05, 0.1) is 12.2 Å². The maximum Gasteiger partial charge on any atom is 0.433 e. The second kappa shape index (κ2) is 5.28. The zero-order valence-electron chi connectivity index (χ0n) is 10.5. The molecule has 1 N–H and O–H groups in total. The Morgan fingerprint density at radius 3 is 2.50 bits per heavy atom. The fourth-order valence-corrected chi connectivity index (χ4v) is 1.62. The third-order valence-electron chi connectivity index (χ3n) is 2.48. The first-order valence-corrected chi connectivity index (χ1v) is 5.92. The van der Waals surface area contributed by atoms with Gasteiger partial charge in [0, 0.05) is 6.07 Å². The van der Waals surface area contributed by atoms with Crippen LogP contribution in [0.3, 0.4) is 0 Å². The van der Waals surface area contributed by atoms with Crippen LogP contribution in [0.4, 0.5) is 19.0 Å². The maximum absolute atomic E-state index is 12.6. The predicted molar refractivity (Wildman–Crippen MR) is 65.3 cm³/mol. The van der Waals surface area contributed by atoms with Gasteiger partial charge in [0.25, 0.3) is 0 Å². The number of aryl methyl sites for hydroxylation is 2. The van der Waals surface area contributed by atoms with E-state index in [2.05, 4.69) is 20.3 Å². The lowest BCUT2D eigenvalue weighted by molar-refractivity contribution is -0.141. The Hall–Kier alpha value is -1.83. The third kappa shape index (κ3) is 3.38. The summed E-state index contributed by atoms with van der Waals surface area (Å²) in [7, 11) is 0. The van der Waals surface area contributed by atoms with Crippen LogP contribution in [-0.2, 0) is 12.7 Å². The fraction of sp³-hybridized carbons (Fsp3) is 0.364. The summed E-state index contributed by atoms with van der Waals surface area (Å²) in [6.45, 7) is 3.61. The molecule has 0 aliphatic rings. The van der Waals surface area contributed by atoms with E-state index in [0.29, 0.717) is 11.7 Å². The molecular formula is C11H10ClF3N4O. The SMILES string of the molecule is Cc1nc(CNc2cc(C(F)(F)F)nc(Cl)n2)oc1C. The molecule has 0 aliphatic carbocycles. The standard InChI is InChI=1S/C11H10ClF3N4O/c1-5-6(2)20-9(17-5)4-16-8-3-7(11(13,14)15)18-10(12)19-8/h3H,4H2,1-2H3,(H,16,18,19). The van der Waals surface area contributed by atoms with Gasteiger partial charge in [0.1, 0.15) is 11.6 Å². The van der Waals surface area contributed by atoms with Crippen LogP contribution in [-0.4, -0.2) is 15.0 Å². The molecule has 0 spiro atoms. The number of hydrogen-bond acceptors (Lipinski definition) is 5. The Bertz CT molecular complexity index is 607. The molecule has 2 aromatic rings. The van der Waals surface area contributed by atoms with E-state index >= 15 is 0 Å². The van der Waals surface area contributed by atoms with Crippen LogP contribution < -0.4 is 5.32 Å². The van der Waals surface area contributed by atoms with Crippen molar-refractivity contribution in [3.8, 4) is 0 Å². The lowest BCUT2D eigenvalue weighted by Gasteiger charge is -2.08. The fourth-order valence-electron chi connectivity index (χ4n) is 1.43. The molecule has 2 aromatic heterocycles. The van der Waals surface area contributed by atoms with E-state index in [4.69, 9.17) is 16.0 Å². The second-order valence-electron chi connectivity index (χ2n) is 4.01. The molecule has 0 aliphatic heterocycles. The average molecular weight is 307 g/mol. The van der Waals surface area contributed by atoms with E-state index in [0.717, 1.165) is 11.8 Å². The van der Waals surface area contributed by atoms with Crippen LogP contribution >= 0.6 is 11.6 Å². The molecular weight excluding hydrogens is 297 g/mol. The zero-order valence-corrected chi connectivity index (χ0v) is 11.3. The summed E-state index contributed by atoms with van der Waals surface area (Å²) >= 11 is 5.47. The Morgan fingerprint density at radius 1 is 1.25 bits per heavy atom. The smallest absolute Gasteiger partial charge is 0.433 e. The number of hydrogen-bond donors (Lipinski definition) is 1. The monoisotopic (exact) mass is 306 g/mol. The van der Waals surface area contributed by atoms with E-state index in [1.807, 2.05) is 0 Å². The van der Waals surface area contributed by atoms with Crippen molar-refractivity contribution in [2.45, 2.75) is 26.6 Å². The van der Waals surface area contributed by atoms with Crippen LogP contribution in [0, 0.1) is 13.8 Å². The lowest BCUT2D eigenvalue weighted by Crippen LogP contribution is -2.11. The molecule has 5 nitrogen and oxygen atoms in total. The molecule has 9 heteroatoms. The highest BCUT2D eigenvalue weighted by Crippen LogP contribution is 2.29.